The lowest BCUT2D eigenvalue weighted by atomic mass is 10.3. The number of hydrogen-bond acceptors (Lipinski definition) is 4. The summed E-state index contributed by atoms with van der Waals surface area (Å²) in [6, 6.07) is 5.03. The van der Waals surface area contributed by atoms with E-state index in [0.29, 0.717) is 41.2 Å². The fourth-order valence-electron chi connectivity index (χ4n) is 1.35. The van der Waals surface area contributed by atoms with E-state index in [-0.39, 0.29) is 0 Å². The Morgan fingerprint density at radius 3 is 2.78 bits per heavy atom. The Morgan fingerprint density at radius 2 is 2.11 bits per heavy atom. The summed E-state index contributed by atoms with van der Waals surface area (Å²) < 4.78 is 22.1. The minimum Gasteiger partial charge on any atom is -0.399 e. The maximum absolute atomic E-state index is 12.0. The van der Waals surface area contributed by atoms with Crippen LogP contribution >= 0.6 is 11.6 Å². The number of hydrogen-bond donors (Lipinski definition) is 1. The lowest BCUT2D eigenvalue weighted by molar-refractivity contribution is 0.0713. The summed E-state index contributed by atoms with van der Waals surface area (Å²) in [6.45, 7) is 1.71. The average Bonchev–Trinajstić information content (AvgIpc) is 2.33. The van der Waals surface area contributed by atoms with Crippen LogP contribution in [0.4, 0.5) is 5.69 Å². The summed E-state index contributed by atoms with van der Waals surface area (Å²) in [6.07, 6.45) is 0.719. The Labute approximate surface area is 115 Å². The number of halogens is 1. The molecule has 102 valence electrons. The first-order valence-corrected chi connectivity index (χ1v) is 7.35. The quantitative estimate of drug-likeness (QED) is 0.588. The standard InChI is InChI=1S/C12H18ClNO3S/c1-16-6-7-17-5-2-8-18(15)12-4-3-10(14)9-11(12)13/h3-4,9H,2,5-8,14H2,1H3. The highest BCUT2D eigenvalue weighted by Crippen LogP contribution is 2.22. The van der Waals surface area contributed by atoms with Crippen molar-refractivity contribution in [2.75, 3.05) is 38.4 Å². The van der Waals surface area contributed by atoms with Gasteiger partial charge in [-0.1, -0.05) is 11.6 Å². The average molecular weight is 292 g/mol. The molecule has 0 saturated carbocycles. The van der Waals surface area contributed by atoms with Gasteiger partial charge >= 0.3 is 0 Å². The van der Waals surface area contributed by atoms with Crippen molar-refractivity contribution in [3.63, 3.8) is 0 Å². The molecule has 1 unspecified atom stereocenters. The molecule has 0 spiro atoms. The van der Waals surface area contributed by atoms with E-state index in [4.69, 9.17) is 26.8 Å². The zero-order valence-electron chi connectivity index (χ0n) is 10.4. The van der Waals surface area contributed by atoms with Gasteiger partial charge in [0.2, 0.25) is 0 Å². The predicted octanol–water partition coefficient (Wildman–Crippen LogP) is 2.08. The second-order valence-electron chi connectivity index (χ2n) is 3.70. The molecule has 0 saturated heterocycles. The van der Waals surface area contributed by atoms with Gasteiger partial charge in [0, 0.05) is 25.2 Å². The van der Waals surface area contributed by atoms with Gasteiger partial charge in [0.15, 0.2) is 0 Å². The Kier molecular flexibility index (Phi) is 7.27. The molecule has 4 nitrogen and oxygen atoms in total. The first-order valence-electron chi connectivity index (χ1n) is 5.65. The van der Waals surface area contributed by atoms with Gasteiger partial charge in [-0.15, -0.1) is 0 Å². The highest BCUT2D eigenvalue weighted by atomic mass is 35.5. The van der Waals surface area contributed by atoms with E-state index in [1.54, 1.807) is 25.3 Å². The van der Waals surface area contributed by atoms with Crippen LogP contribution in [0.15, 0.2) is 23.1 Å². The van der Waals surface area contributed by atoms with E-state index < -0.39 is 10.8 Å². The van der Waals surface area contributed by atoms with Gasteiger partial charge in [-0.05, 0) is 24.6 Å². The van der Waals surface area contributed by atoms with E-state index in [2.05, 4.69) is 0 Å². The highest BCUT2D eigenvalue weighted by molar-refractivity contribution is 7.85. The minimum atomic E-state index is -1.11. The summed E-state index contributed by atoms with van der Waals surface area (Å²) in [4.78, 5) is 0.628. The van der Waals surface area contributed by atoms with Gasteiger partial charge in [0.25, 0.3) is 0 Å². The maximum Gasteiger partial charge on any atom is 0.0700 e. The minimum absolute atomic E-state index is 0.452. The van der Waals surface area contributed by atoms with Crippen molar-refractivity contribution in [1.82, 2.24) is 0 Å². The molecule has 1 aromatic rings. The van der Waals surface area contributed by atoms with Crippen molar-refractivity contribution in [3.8, 4) is 0 Å². The molecule has 0 bridgehead atoms. The highest BCUT2D eigenvalue weighted by Gasteiger charge is 2.08. The zero-order chi connectivity index (χ0) is 13.4. The van der Waals surface area contributed by atoms with E-state index >= 15 is 0 Å². The summed E-state index contributed by atoms with van der Waals surface area (Å²) in [5.74, 6) is 0.524. The number of nitrogens with two attached hydrogens (primary N) is 1. The smallest absolute Gasteiger partial charge is 0.0700 e. The molecule has 0 radical (unpaired) electrons. The number of anilines is 1. The van der Waals surface area contributed by atoms with Crippen molar-refractivity contribution >= 4 is 28.1 Å². The molecule has 18 heavy (non-hydrogen) atoms. The van der Waals surface area contributed by atoms with Crippen LogP contribution in [0.5, 0.6) is 0 Å². The van der Waals surface area contributed by atoms with Gasteiger partial charge < -0.3 is 15.2 Å². The first kappa shape index (κ1) is 15.4. The Morgan fingerprint density at radius 1 is 1.33 bits per heavy atom. The second-order valence-corrected chi connectivity index (χ2v) is 5.64. The maximum atomic E-state index is 12.0. The number of ether oxygens (including phenoxy) is 2. The second kappa shape index (κ2) is 8.48. The molecule has 0 heterocycles. The topological polar surface area (TPSA) is 61.5 Å². The van der Waals surface area contributed by atoms with Crippen LogP contribution in [0.1, 0.15) is 6.42 Å². The largest absolute Gasteiger partial charge is 0.399 e. The van der Waals surface area contributed by atoms with Crippen LogP contribution in [-0.2, 0) is 20.3 Å². The van der Waals surface area contributed by atoms with Crippen molar-refractivity contribution in [1.29, 1.82) is 0 Å². The van der Waals surface area contributed by atoms with Crippen LogP contribution < -0.4 is 5.73 Å². The third kappa shape index (κ3) is 5.35. The molecule has 2 N–H and O–H groups in total. The van der Waals surface area contributed by atoms with E-state index in [1.807, 2.05) is 0 Å². The zero-order valence-corrected chi connectivity index (χ0v) is 11.9. The van der Waals surface area contributed by atoms with Crippen molar-refractivity contribution < 1.29 is 13.7 Å². The third-order valence-corrected chi connectivity index (χ3v) is 4.18. The van der Waals surface area contributed by atoms with Crippen LogP contribution in [0, 0.1) is 0 Å². The predicted molar refractivity (Wildman–Crippen MR) is 74.5 cm³/mol. The van der Waals surface area contributed by atoms with Crippen LogP contribution in [0.2, 0.25) is 5.02 Å². The van der Waals surface area contributed by atoms with Crippen molar-refractivity contribution in [3.05, 3.63) is 23.2 Å². The van der Waals surface area contributed by atoms with Crippen LogP contribution in [0.3, 0.4) is 0 Å². The summed E-state index contributed by atoms with van der Waals surface area (Å²) >= 11 is 5.98. The molecular weight excluding hydrogens is 274 g/mol. The summed E-state index contributed by atoms with van der Waals surface area (Å²) in [5, 5.41) is 0.452. The van der Waals surface area contributed by atoms with Gasteiger partial charge in [0.05, 0.1) is 33.9 Å². The molecule has 0 aromatic heterocycles. The van der Waals surface area contributed by atoms with E-state index in [0.717, 1.165) is 6.42 Å². The summed E-state index contributed by atoms with van der Waals surface area (Å²) in [5.41, 5.74) is 6.15. The van der Waals surface area contributed by atoms with Gasteiger partial charge in [-0.3, -0.25) is 4.21 Å². The number of methoxy groups -OCH3 is 1. The van der Waals surface area contributed by atoms with Crippen LogP contribution in [-0.4, -0.2) is 36.9 Å². The third-order valence-electron chi connectivity index (χ3n) is 2.25. The van der Waals surface area contributed by atoms with Crippen LogP contribution in [0.25, 0.3) is 0 Å². The molecule has 0 aliphatic heterocycles. The molecule has 0 aliphatic rings. The molecule has 0 fully saturated rings. The number of nitrogen functional groups attached to an aromatic ring is 1. The lowest BCUT2D eigenvalue weighted by Crippen LogP contribution is -2.07. The summed E-state index contributed by atoms with van der Waals surface area (Å²) in [7, 11) is 0.517. The lowest BCUT2D eigenvalue weighted by Gasteiger charge is -2.06. The monoisotopic (exact) mass is 291 g/mol. The molecular formula is C12H18ClNO3S. The molecule has 1 aromatic carbocycles. The molecule has 1 rings (SSSR count). The number of benzene rings is 1. The van der Waals surface area contributed by atoms with Gasteiger partial charge in [-0.25, -0.2) is 0 Å². The Bertz CT molecular complexity index is 401. The van der Waals surface area contributed by atoms with E-state index in [9.17, 15) is 4.21 Å². The molecule has 0 aliphatic carbocycles. The van der Waals surface area contributed by atoms with E-state index in [1.165, 1.54) is 0 Å². The van der Waals surface area contributed by atoms with Gasteiger partial charge in [0.1, 0.15) is 0 Å². The van der Waals surface area contributed by atoms with Crippen molar-refractivity contribution in [2.24, 2.45) is 0 Å². The molecule has 0 amide bonds. The Balaban J connectivity index is 2.32. The fourth-order valence-corrected chi connectivity index (χ4v) is 2.89. The SMILES string of the molecule is COCCOCCCS(=O)c1ccc(N)cc1Cl. The van der Waals surface area contributed by atoms with Gasteiger partial charge in [-0.2, -0.15) is 0 Å². The molecule has 1 atom stereocenters. The molecule has 6 heteroatoms. The normalized spacial score (nSPS) is 12.6. The number of rotatable bonds is 8. The fraction of sp³-hybridized carbons (Fsp3) is 0.500. The van der Waals surface area contributed by atoms with Crippen molar-refractivity contribution in [2.45, 2.75) is 11.3 Å². The first-order chi connectivity index (χ1) is 8.65. The Hall–Kier alpha value is -0.620.